The maximum Gasteiger partial charge on any atom is 0.256 e. The van der Waals surface area contributed by atoms with Crippen molar-refractivity contribution in [2.24, 2.45) is 7.05 Å². The van der Waals surface area contributed by atoms with Gasteiger partial charge in [-0.05, 0) is 62.7 Å². The number of carbonyl (C=O) groups excluding carboxylic acids is 1. The lowest BCUT2D eigenvalue weighted by Gasteiger charge is -2.12. The summed E-state index contributed by atoms with van der Waals surface area (Å²) in [5, 5.41) is 8.14. The number of carbonyl (C=O) groups is 1. The summed E-state index contributed by atoms with van der Waals surface area (Å²) in [4.78, 5) is 21.6. The van der Waals surface area contributed by atoms with Crippen LogP contribution in [0.4, 0.5) is 5.69 Å². The second-order valence-corrected chi connectivity index (χ2v) is 6.94. The molecule has 3 heterocycles. The number of hydrogen-bond donors (Lipinski definition) is 1. The highest BCUT2D eigenvalue weighted by atomic mass is 16.5. The average molecular weight is 387 g/mol. The number of rotatable bonds is 4. The minimum atomic E-state index is -0.197. The number of anilines is 1. The first-order chi connectivity index (χ1) is 13.9. The summed E-state index contributed by atoms with van der Waals surface area (Å²) in [7, 11) is 1.83. The van der Waals surface area contributed by atoms with Crippen LogP contribution in [-0.2, 0) is 7.05 Å². The van der Waals surface area contributed by atoms with E-state index in [0.717, 1.165) is 22.3 Å². The van der Waals surface area contributed by atoms with Gasteiger partial charge in [0.1, 0.15) is 11.5 Å². The zero-order valence-corrected chi connectivity index (χ0v) is 16.7. The van der Waals surface area contributed by atoms with Crippen molar-refractivity contribution in [3.8, 4) is 11.5 Å². The van der Waals surface area contributed by atoms with Crippen LogP contribution in [-0.4, -0.2) is 25.7 Å². The molecule has 0 atom stereocenters. The van der Waals surface area contributed by atoms with Gasteiger partial charge in [-0.1, -0.05) is 0 Å². The molecule has 7 heteroatoms. The van der Waals surface area contributed by atoms with Gasteiger partial charge in [0, 0.05) is 24.6 Å². The van der Waals surface area contributed by atoms with Crippen LogP contribution in [0.2, 0.25) is 0 Å². The normalized spacial score (nSPS) is 10.9. The van der Waals surface area contributed by atoms with Gasteiger partial charge in [-0.2, -0.15) is 5.10 Å². The first-order valence-electron chi connectivity index (χ1n) is 9.23. The first-order valence-corrected chi connectivity index (χ1v) is 9.23. The van der Waals surface area contributed by atoms with E-state index in [1.54, 1.807) is 23.1 Å². The third kappa shape index (κ3) is 3.67. The monoisotopic (exact) mass is 387 g/mol. The topological polar surface area (TPSA) is 81.9 Å². The van der Waals surface area contributed by atoms with Crippen molar-refractivity contribution in [3.63, 3.8) is 0 Å². The van der Waals surface area contributed by atoms with Crippen LogP contribution in [0.3, 0.4) is 0 Å². The molecular weight excluding hydrogens is 366 g/mol. The summed E-state index contributed by atoms with van der Waals surface area (Å²) in [6, 6.07) is 11.0. The zero-order valence-electron chi connectivity index (χ0n) is 16.7. The number of nitrogens with one attached hydrogen (secondary N) is 1. The molecule has 0 saturated heterocycles. The van der Waals surface area contributed by atoms with Gasteiger partial charge in [0.25, 0.3) is 5.91 Å². The summed E-state index contributed by atoms with van der Waals surface area (Å²) < 4.78 is 7.55. The van der Waals surface area contributed by atoms with Gasteiger partial charge < -0.3 is 10.1 Å². The molecule has 1 amide bonds. The molecule has 0 aliphatic heterocycles. The SMILES string of the molecule is Cc1cc(C(=O)Nc2ccc(Oc3cccnc3)c(C)c2)c2c(C)nn(C)c2n1. The average Bonchev–Trinajstić information content (AvgIpc) is 2.97. The predicted molar refractivity (Wildman–Crippen MR) is 111 cm³/mol. The molecule has 0 saturated carbocycles. The van der Waals surface area contributed by atoms with Crippen molar-refractivity contribution < 1.29 is 9.53 Å². The molecule has 1 aromatic carbocycles. The molecule has 0 bridgehead atoms. The van der Waals surface area contributed by atoms with E-state index in [-0.39, 0.29) is 5.91 Å². The van der Waals surface area contributed by atoms with Crippen LogP contribution in [0.25, 0.3) is 11.0 Å². The van der Waals surface area contributed by atoms with Gasteiger partial charge in [0.05, 0.1) is 22.8 Å². The Morgan fingerprint density at radius 2 is 1.97 bits per heavy atom. The van der Waals surface area contributed by atoms with Crippen LogP contribution in [0.15, 0.2) is 48.8 Å². The minimum Gasteiger partial charge on any atom is -0.455 e. The molecule has 4 aromatic rings. The fourth-order valence-electron chi connectivity index (χ4n) is 3.32. The Kier molecular flexibility index (Phi) is 4.72. The van der Waals surface area contributed by atoms with Gasteiger partial charge in [0.2, 0.25) is 0 Å². The molecule has 0 aliphatic carbocycles. The highest BCUT2D eigenvalue weighted by Crippen LogP contribution is 2.28. The van der Waals surface area contributed by atoms with E-state index in [2.05, 4.69) is 20.4 Å². The summed E-state index contributed by atoms with van der Waals surface area (Å²) in [5.41, 5.74) is 4.39. The van der Waals surface area contributed by atoms with Crippen molar-refractivity contribution in [2.45, 2.75) is 20.8 Å². The van der Waals surface area contributed by atoms with Crippen molar-refractivity contribution in [1.82, 2.24) is 19.7 Å². The van der Waals surface area contributed by atoms with Crippen LogP contribution in [0, 0.1) is 20.8 Å². The molecule has 0 radical (unpaired) electrons. The van der Waals surface area contributed by atoms with E-state index in [4.69, 9.17) is 4.74 Å². The molecule has 0 aliphatic rings. The molecule has 7 nitrogen and oxygen atoms in total. The third-order valence-electron chi connectivity index (χ3n) is 4.64. The fourth-order valence-corrected chi connectivity index (χ4v) is 3.32. The van der Waals surface area contributed by atoms with E-state index in [0.29, 0.717) is 28.4 Å². The van der Waals surface area contributed by atoms with Gasteiger partial charge >= 0.3 is 0 Å². The maximum absolute atomic E-state index is 13.0. The Morgan fingerprint density at radius 3 is 2.69 bits per heavy atom. The minimum absolute atomic E-state index is 0.197. The quantitative estimate of drug-likeness (QED) is 0.563. The molecule has 0 fully saturated rings. The van der Waals surface area contributed by atoms with Crippen molar-refractivity contribution in [3.05, 3.63) is 71.3 Å². The highest BCUT2D eigenvalue weighted by molar-refractivity contribution is 6.12. The van der Waals surface area contributed by atoms with Gasteiger partial charge in [-0.15, -0.1) is 0 Å². The molecule has 3 aromatic heterocycles. The lowest BCUT2D eigenvalue weighted by atomic mass is 10.1. The molecule has 4 rings (SSSR count). The Balaban J connectivity index is 1.61. The van der Waals surface area contributed by atoms with Crippen LogP contribution in [0.5, 0.6) is 11.5 Å². The summed E-state index contributed by atoms with van der Waals surface area (Å²) in [5.74, 6) is 1.17. The predicted octanol–water partition coefficient (Wildman–Crippen LogP) is 4.33. The molecular formula is C22H21N5O2. The second kappa shape index (κ2) is 7.35. The van der Waals surface area contributed by atoms with Crippen LogP contribution >= 0.6 is 0 Å². The van der Waals surface area contributed by atoms with E-state index in [1.807, 2.05) is 58.2 Å². The molecule has 29 heavy (non-hydrogen) atoms. The smallest absolute Gasteiger partial charge is 0.256 e. The van der Waals surface area contributed by atoms with Crippen LogP contribution in [0.1, 0.15) is 27.3 Å². The molecule has 1 N–H and O–H groups in total. The largest absolute Gasteiger partial charge is 0.455 e. The summed E-state index contributed by atoms with van der Waals surface area (Å²) in [6.45, 7) is 5.68. The number of hydrogen-bond acceptors (Lipinski definition) is 5. The maximum atomic E-state index is 13.0. The van der Waals surface area contributed by atoms with E-state index >= 15 is 0 Å². The Hall–Kier alpha value is -3.74. The van der Waals surface area contributed by atoms with Crippen molar-refractivity contribution in [1.29, 1.82) is 0 Å². The summed E-state index contributed by atoms with van der Waals surface area (Å²) in [6.07, 6.45) is 3.35. The number of amides is 1. The number of pyridine rings is 2. The van der Waals surface area contributed by atoms with Crippen molar-refractivity contribution >= 4 is 22.6 Å². The number of benzene rings is 1. The lowest BCUT2D eigenvalue weighted by Crippen LogP contribution is -2.13. The van der Waals surface area contributed by atoms with E-state index in [9.17, 15) is 4.79 Å². The number of nitrogens with zero attached hydrogens (tertiary/aromatic N) is 4. The molecule has 0 spiro atoms. The van der Waals surface area contributed by atoms with Gasteiger partial charge in [-0.25, -0.2) is 4.98 Å². The Morgan fingerprint density at radius 1 is 1.14 bits per heavy atom. The summed E-state index contributed by atoms with van der Waals surface area (Å²) >= 11 is 0. The highest BCUT2D eigenvalue weighted by Gasteiger charge is 2.18. The zero-order chi connectivity index (χ0) is 20.5. The van der Waals surface area contributed by atoms with E-state index < -0.39 is 0 Å². The standard InChI is InChI=1S/C22H21N5O2/c1-13-10-16(7-8-19(13)29-17-6-5-9-23-12-17)25-22(28)18-11-14(2)24-21-20(18)15(3)26-27(21)4/h5-12H,1-4H3,(H,25,28). The lowest BCUT2D eigenvalue weighted by molar-refractivity contribution is 0.102. The third-order valence-corrected chi connectivity index (χ3v) is 4.64. The van der Waals surface area contributed by atoms with Crippen molar-refractivity contribution in [2.75, 3.05) is 5.32 Å². The Labute approximate surface area is 168 Å². The fraction of sp³-hybridized carbons (Fsp3) is 0.182. The van der Waals surface area contributed by atoms with Gasteiger partial charge in [-0.3, -0.25) is 14.5 Å². The number of aromatic nitrogens is 4. The molecule has 0 unspecified atom stereocenters. The number of ether oxygens (including phenoxy) is 1. The number of fused-ring (bicyclic) bond motifs is 1. The number of aryl methyl sites for hydroxylation is 4. The Bertz CT molecular complexity index is 1220. The molecule has 146 valence electrons. The van der Waals surface area contributed by atoms with Crippen LogP contribution < -0.4 is 10.1 Å². The second-order valence-electron chi connectivity index (χ2n) is 6.94. The van der Waals surface area contributed by atoms with Gasteiger partial charge in [0.15, 0.2) is 5.65 Å². The van der Waals surface area contributed by atoms with E-state index in [1.165, 1.54) is 0 Å². The first kappa shape index (κ1) is 18.6.